The largest absolute Gasteiger partial charge is 0.478 e. The fraction of sp³-hybridized carbons (Fsp3) is 0.600. The molecule has 0 saturated heterocycles. The summed E-state index contributed by atoms with van der Waals surface area (Å²) in [5.74, 6) is 1.44. The van der Waals surface area contributed by atoms with Crippen molar-refractivity contribution in [1.29, 1.82) is 0 Å². The normalized spacial score (nSPS) is 16.4. The molecule has 0 amide bonds. The molecule has 0 N–H and O–H groups in total. The summed E-state index contributed by atoms with van der Waals surface area (Å²) in [6.45, 7) is 0.734. The van der Waals surface area contributed by atoms with Gasteiger partial charge in [0.05, 0.1) is 6.61 Å². The predicted molar refractivity (Wildman–Crippen MR) is 54.5 cm³/mol. The molecule has 1 aliphatic rings. The van der Waals surface area contributed by atoms with Crippen molar-refractivity contribution < 1.29 is 4.74 Å². The Kier molecular flexibility index (Phi) is 3.19. The summed E-state index contributed by atoms with van der Waals surface area (Å²) >= 11 is 5.62. The first-order valence-electron chi connectivity index (χ1n) is 4.96. The molecule has 0 radical (unpaired) electrons. The van der Waals surface area contributed by atoms with E-state index >= 15 is 0 Å². The van der Waals surface area contributed by atoms with Crippen LogP contribution in [0.5, 0.6) is 5.88 Å². The van der Waals surface area contributed by atoms with Crippen molar-refractivity contribution >= 4 is 11.6 Å². The second-order valence-electron chi connectivity index (χ2n) is 3.60. The fourth-order valence-electron chi connectivity index (χ4n) is 1.51. The van der Waals surface area contributed by atoms with E-state index in [0.717, 1.165) is 18.9 Å². The first kappa shape index (κ1) is 9.71. The Morgan fingerprint density at radius 2 is 2.36 bits per heavy atom. The summed E-state index contributed by atoms with van der Waals surface area (Å²) in [6.07, 6.45) is 6.82. The van der Waals surface area contributed by atoms with Crippen molar-refractivity contribution in [3.63, 3.8) is 0 Å². The smallest absolute Gasteiger partial charge is 0.225 e. The van der Waals surface area contributed by atoms with Crippen molar-refractivity contribution in [3.05, 3.63) is 17.5 Å². The van der Waals surface area contributed by atoms with Crippen molar-refractivity contribution in [2.24, 2.45) is 5.92 Å². The Bertz CT molecular complexity index is 302. The highest BCUT2D eigenvalue weighted by atomic mass is 35.5. The quantitative estimate of drug-likeness (QED) is 0.720. The Morgan fingerprint density at radius 3 is 3.00 bits per heavy atom. The molecule has 0 bridgehead atoms. The van der Waals surface area contributed by atoms with Crippen LogP contribution in [-0.2, 0) is 0 Å². The summed E-state index contributed by atoms with van der Waals surface area (Å²) in [4.78, 5) is 7.73. The van der Waals surface area contributed by atoms with Gasteiger partial charge in [0, 0.05) is 12.3 Å². The van der Waals surface area contributed by atoms with Crippen LogP contribution in [0.15, 0.2) is 12.3 Å². The van der Waals surface area contributed by atoms with E-state index in [9.17, 15) is 0 Å². The van der Waals surface area contributed by atoms with Crippen LogP contribution < -0.4 is 4.74 Å². The highest BCUT2D eigenvalue weighted by Gasteiger charge is 2.16. The molecule has 1 fully saturated rings. The summed E-state index contributed by atoms with van der Waals surface area (Å²) in [7, 11) is 0. The SMILES string of the molecule is Clc1nccc(OCCC2CCC2)n1. The van der Waals surface area contributed by atoms with Gasteiger partial charge in [-0.1, -0.05) is 19.3 Å². The standard InChI is InChI=1S/C10H13ClN2O/c11-10-12-6-4-9(13-10)14-7-5-8-2-1-3-8/h4,6,8H,1-3,5,7H2. The van der Waals surface area contributed by atoms with E-state index in [1.54, 1.807) is 12.3 Å². The van der Waals surface area contributed by atoms with Gasteiger partial charge in [-0.2, -0.15) is 4.98 Å². The molecule has 1 aliphatic carbocycles. The minimum absolute atomic E-state index is 0.242. The van der Waals surface area contributed by atoms with Gasteiger partial charge in [-0.25, -0.2) is 4.98 Å². The van der Waals surface area contributed by atoms with E-state index < -0.39 is 0 Å². The van der Waals surface area contributed by atoms with Gasteiger partial charge in [0.15, 0.2) is 0 Å². The Labute approximate surface area is 88.5 Å². The zero-order chi connectivity index (χ0) is 9.80. The molecule has 1 heterocycles. The topological polar surface area (TPSA) is 35.0 Å². The average molecular weight is 213 g/mol. The maximum absolute atomic E-state index is 5.62. The number of nitrogens with zero attached hydrogens (tertiary/aromatic N) is 2. The highest BCUT2D eigenvalue weighted by molar-refractivity contribution is 6.28. The molecule has 0 unspecified atom stereocenters. The zero-order valence-electron chi connectivity index (χ0n) is 7.95. The third-order valence-corrected chi connectivity index (χ3v) is 2.78. The van der Waals surface area contributed by atoms with Crippen LogP contribution in [0.25, 0.3) is 0 Å². The van der Waals surface area contributed by atoms with Gasteiger partial charge in [-0.05, 0) is 23.9 Å². The van der Waals surface area contributed by atoms with Crippen molar-refractivity contribution in [1.82, 2.24) is 9.97 Å². The van der Waals surface area contributed by atoms with E-state index in [1.807, 2.05) is 0 Å². The number of rotatable bonds is 4. The molecule has 0 aliphatic heterocycles. The van der Waals surface area contributed by atoms with Crippen molar-refractivity contribution in [2.75, 3.05) is 6.61 Å². The molecule has 0 aromatic carbocycles. The summed E-state index contributed by atoms with van der Waals surface area (Å²) in [6, 6.07) is 1.73. The maximum atomic E-state index is 5.62. The second kappa shape index (κ2) is 4.60. The minimum Gasteiger partial charge on any atom is -0.478 e. The number of hydrogen-bond donors (Lipinski definition) is 0. The monoisotopic (exact) mass is 212 g/mol. The van der Waals surface area contributed by atoms with E-state index in [2.05, 4.69) is 9.97 Å². The molecular weight excluding hydrogens is 200 g/mol. The van der Waals surface area contributed by atoms with E-state index in [1.165, 1.54) is 19.3 Å². The molecule has 14 heavy (non-hydrogen) atoms. The lowest BCUT2D eigenvalue weighted by Crippen LogP contribution is -2.14. The first-order valence-corrected chi connectivity index (χ1v) is 5.34. The lowest BCUT2D eigenvalue weighted by atomic mass is 9.83. The van der Waals surface area contributed by atoms with Crippen LogP contribution in [0.2, 0.25) is 5.28 Å². The Hall–Kier alpha value is -0.830. The van der Waals surface area contributed by atoms with E-state index in [0.29, 0.717) is 5.88 Å². The van der Waals surface area contributed by atoms with Gasteiger partial charge in [0.25, 0.3) is 0 Å². The summed E-state index contributed by atoms with van der Waals surface area (Å²) < 4.78 is 5.46. The van der Waals surface area contributed by atoms with E-state index in [-0.39, 0.29) is 5.28 Å². The van der Waals surface area contributed by atoms with Crippen LogP contribution in [0.1, 0.15) is 25.7 Å². The van der Waals surface area contributed by atoms with Gasteiger partial charge >= 0.3 is 0 Å². The van der Waals surface area contributed by atoms with Crippen LogP contribution >= 0.6 is 11.6 Å². The van der Waals surface area contributed by atoms with Crippen molar-refractivity contribution in [3.8, 4) is 5.88 Å². The summed E-state index contributed by atoms with van der Waals surface area (Å²) in [5.41, 5.74) is 0. The Morgan fingerprint density at radius 1 is 1.50 bits per heavy atom. The molecule has 1 saturated carbocycles. The average Bonchev–Trinajstić information content (AvgIpc) is 2.09. The molecule has 0 atom stereocenters. The number of hydrogen-bond acceptors (Lipinski definition) is 3. The lowest BCUT2D eigenvalue weighted by Gasteiger charge is -2.24. The van der Waals surface area contributed by atoms with Gasteiger partial charge in [-0.15, -0.1) is 0 Å². The van der Waals surface area contributed by atoms with Crippen LogP contribution in [0, 0.1) is 5.92 Å². The minimum atomic E-state index is 0.242. The highest BCUT2D eigenvalue weighted by Crippen LogP contribution is 2.29. The maximum Gasteiger partial charge on any atom is 0.225 e. The first-order chi connectivity index (χ1) is 6.84. The third-order valence-electron chi connectivity index (χ3n) is 2.60. The van der Waals surface area contributed by atoms with Gasteiger partial charge in [0.2, 0.25) is 11.2 Å². The van der Waals surface area contributed by atoms with Gasteiger partial charge < -0.3 is 4.74 Å². The molecule has 3 nitrogen and oxygen atoms in total. The summed E-state index contributed by atoms with van der Waals surface area (Å²) in [5, 5.41) is 0.242. The third kappa shape index (κ3) is 2.58. The molecule has 2 rings (SSSR count). The van der Waals surface area contributed by atoms with E-state index in [4.69, 9.17) is 16.3 Å². The molecule has 4 heteroatoms. The van der Waals surface area contributed by atoms with Gasteiger partial charge in [-0.3, -0.25) is 0 Å². The van der Waals surface area contributed by atoms with Crippen LogP contribution in [0.4, 0.5) is 0 Å². The van der Waals surface area contributed by atoms with Gasteiger partial charge in [0.1, 0.15) is 0 Å². The van der Waals surface area contributed by atoms with Crippen molar-refractivity contribution in [2.45, 2.75) is 25.7 Å². The molecule has 76 valence electrons. The molecule has 0 spiro atoms. The number of aromatic nitrogens is 2. The number of halogens is 1. The zero-order valence-corrected chi connectivity index (χ0v) is 8.70. The molecule has 1 aromatic heterocycles. The van der Waals surface area contributed by atoms with Crippen LogP contribution in [0.3, 0.4) is 0 Å². The number of ether oxygens (including phenoxy) is 1. The predicted octanol–water partition coefficient (Wildman–Crippen LogP) is 2.70. The fourth-order valence-corrected chi connectivity index (χ4v) is 1.65. The second-order valence-corrected chi connectivity index (χ2v) is 3.94. The Balaban J connectivity index is 1.74. The molecule has 1 aromatic rings. The molecular formula is C10H13ClN2O. The van der Waals surface area contributed by atoms with Crippen LogP contribution in [-0.4, -0.2) is 16.6 Å². The lowest BCUT2D eigenvalue weighted by molar-refractivity contribution is 0.217.